The maximum absolute atomic E-state index is 13.0. The Morgan fingerprint density at radius 1 is 0.947 bits per heavy atom. The number of nitrogens with zero attached hydrogens (tertiary/aromatic N) is 2. The van der Waals surface area contributed by atoms with E-state index in [1.807, 2.05) is 0 Å². The van der Waals surface area contributed by atoms with E-state index in [0.717, 1.165) is 21.4 Å². The summed E-state index contributed by atoms with van der Waals surface area (Å²) in [4.78, 5) is 61.1. The average molecular weight is 623 g/mol. The standard InChI is InChI=1S/C17H22ClN2O15P3/c18-11-4-2-1-3-10(11)5-7-19-13(21)6-8-20(17(19)24)16-15(23)14(22)12(33-16)9-32-37(28,29)35-38(30,31)34-36(25,26)27/h1-4,6,8,12,14-16,22-23H,5,7,9H2,(H,28,29)(H,30,31)(H2,25,26,27)/t12-,14+,15?,16-/m1/s1. The molecular formula is C17H22ClN2O15P3. The lowest BCUT2D eigenvalue weighted by Gasteiger charge is -2.19. The first-order valence-corrected chi connectivity index (χ1v) is 15.2. The molecule has 0 spiro atoms. The lowest BCUT2D eigenvalue weighted by Crippen LogP contribution is -2.43. The first-order valence-electron chi connectivity index (χ1n) is 10.3. The Balaban J connectivity index is 1.72. The molecule has 0 saturated carbocycles. The summed E-state index contributed by atoms with van der Waals surface area (Å²) in [5.74, 6) is 0. The lowest BCUT2D eigenvalue weighted by atomic mass is 10.1. The number of aliphatic hydroxyl groups is 2. The molecule has 0 bridgehead atoms. The Kier molecular flexibility index (Phi) is 9.73. The third kappa shape index (κ3) is 8.01. The third-order valence-electron chi connectivity index (χ3n) is 5.09. The van der Waals surface area contributed by atoms with Crippen molar-refractivity contribution in [2.45, 2.75) is 37.5 Å². The highest BCUT2D eigenvalue weighted by Crippen LogP contribution is 2.66. The molecule has 38 heavy (non-hydrogen) atoms. The van der Waals surface area contributed by atoms with E-state index in [1.54, 1.807) is 24.3 Å². The van der Waals surface area contributed by atoms with Gasteiger partial charge >= 0.3 is 29.2 Å². The van der Waals surface area contributed by atoms with E-state index in [0.29, 0.717) is 10.6 Å². The van der Waals surface area contributed by atoms with Gasteiger partial charge in [0, 0.05) is 23.8 Å². The van der Waals surface area contributed by atoms with Gasteiger partial charge in [0.05, 0.1) is 6.61 Å². The van der Waals surface area contributed by atoms with Crippen molar-refractivity contribution in [1.29, 1.82) is 0 Å². The number of aliphatic hydroxyl groups excluding tert-OH is 2. The van der Waals surface area contributed by atoms with Crippen molar-refractivity contribution in [3.63, 3.8) is 0 Å². The maximum Gasteiger partial charge on any atom is 0.490 e. The van der Waals surface area contributed by atoms with Crippen LogP contribution < -0.4 is 11.2 Å². The second kappa shape index (κ2) is 11.9. The number of rotatable bonds is 11. The average Bonchev–Trinajstić information content (AvgIpc) is 3.05. The first-order chi connectivity index (χ1) is 17.5. The molecule has 2 heterocycles. The molecule has 0 amide bonds. The SMILES string of the molecule is O=c1ccn([C@@H]2O[C@H](COP(=O)(O)OP(=O)(O)OP(=O)(O)O)[C@H](O)C2O)c(=O)n1CCc1ccccc1Cl. The van der Waals surface area contributed by atoms with Crippen molar-refractivity contribution in [2.75, 3.05) is 6.61 Å². The zero-order valence-corrected chi connectivity index (χ0v) is 22.3. The van der Waals surface area contributed by atoms with E-state index >= 15 is 0 Å². The molecule has 1 aliphatic rings. The highest BCUT2D eigenvalue weighted by Gasteiger charge is 2.46. The summed E-state index contributed by atoms with van der Waals surface area (Å²) >= 11 is 6.10. The molecule has 1 aromatic carbocycles. The van der Waals surface area contributed by atoms with Crippen LogP contribution in [0.3, 0.4) is 0 Å². The summed E-state index contributed by atoms with van der Waals surface area (Å²) in [7, 11) is -16.9. The number of benzene rings is 1. The minimum absolute atomic E-state index is 0.0942. The monoisotopic (exact) mass is 622 g/mol. The van der Waals surface area contributed by atoms with Gasteiger partial charge in [-0.25, -0.2) is 18.5 Å². The number of hydrogen-bond donors (Lipinski definition) is 6. The fourth-order valence-corrected chi connectivity index (χ4v) is 6.69. The maximum atomic E-state index is 13.0. The summed E-state index contributed by atoms with van der Waals surface area (Å²) in [5, 5.41) is 21.1. The smallest absolute Gasteiger partial charge is 0.387 e. The van der Waals surface area contributed by atoms with Gasteiger partial charge in [-0.15, -0.1) is 0 Å². The van der Waals surface area contributed by atoms with Gasteiger partial charge in [0.2, 0.25) is 0 Å². The van der Waals surface area contributed by atoms with Crippen LogP contribution in [0.25, 0.3) is 0 Å². The number of ether oxygens (including phenoxy) is 1. The molecular weight excluding hydrogens is 601 g/mol. The Morgan fingerprint density at radius 2 is 1.61 bits per heavy atom. The van der Waals surface area contributed by atoms with Crippen LogP contribution in [0.1, 0.15) is 11.8 Å². The molecule has 1 saturated heterocycles. The third-order valence-corrected chi connectivity index (χ3v) is 9.26. The molecule has 1 aromatic heterocycles. The van der Waals surface area contributed by atoms with E-state index in [9.17, 15) is 43.3 Å². The Bertz CT molecular complexity index is 1420. The van der Waals surface area contributed by atoms with Gasteiger partial charge in [-0.2, -0.15) is 8.62 Å². The van der Waals surface area contributed by atoms with Crippen molar-refractivity contribution in [3.8, 4) is 0 Å². The van der Waals surface area contributed by atoms with Crippen LogP contribution in [0.4, 0.5) is 0 Å². The van der Waals surface area contributed by atoms with E-state index in [-0.39, 0.29) is 13.0 Å². The first kappa shape index (κ1) is 31.0. The van der Waals surface area contributed by atoms with Gasteiger partial charge < -0.3 is 34.5 Å². The molecule has 6 N–H and O–H groups in total. The number of phosphoric ester groups is 1. The summed E-state index contributed by atoms with van der Waals surface area (Å²) in [6, 6.07) is 7.78. The summed E-state index contributed by atoms with van der Waals surface area (Å²) in [6.45, 7) is -1.16. The van der Waals surface area contributed by atoms with Gasteiger partial charge in [0.1, 0.15) is 18.3 Å². The minimum Gasteiger partial charge on any atom is -0.387 e. The largest absolute Gasteiger partial charge is 0.490 e. The van der Waals surface area contributed by atoms with Crippen LogP contribution in [-0.2, 0) is 44.5 Å². The summed E-state index contributed by atoms with van der Waals surface area (Å²) in [6.07, 6.45) is -5.64. The molecule has 21 heteroatoms. The van der Waals surface area contributed by atoms with Crippen molar-refractivity contribution in [1.82, 2.24) is 9.13 Å². The summed E-state index contributed by atoms with van der Waals surface area (Å²) < 4.78 is 52.6. The summed E-state index contributed by atoms with van der Waals surface area (Å²) in [5.41, 5.74) is -0.931. The Hall–Kier alpha value is -1.52. The molecule has 1 aliphatic heterocycles. The van der Waals surface area contributed by atoms with E-state index in [4.69, 9.17) is 26.1 Å². The highest BCUT2D eigenvalue weighted by atomic mass is 35.5. The zero-order valence-electron chi connectivity index (χ0n) is 18.9. The fourth-order valence-electron chi connectivity index (χ4n) is 3.43. The molecule has 3 rings (SSSR count). The number of aryl methyl sites for hydroxylation is 1. The van der Waals surface area contributed by atoms with Crippen LogP contribution in [0.15, 0.2) is 46.1 Å². The van der Waals surface area contributed by atoms with Crippen molar-refractivity contribution < 1.29 is 61.4 Å². The molecule has 17 nitrogen and oxygen atoms in total. The topological polar surface area (TPSA) is 254 Å². The molecule has 2 aromatic rings. The van der Waals surface area contributed by atoms with Crippen LogP contribution >= 0.6 is 35.1 Å². The normalized spacial score (nSPS) is 25.1. The van der Waals surface area contributed by atoms with Crippen LogP contribution in [0.2, 0.25) is 5.02 Å². The fraction of sp³-hybridized carbons (Fsp3) is 0.412. The van der Waals surface area contributed by atoms with Gasteiger partial charge in [0.25, 0.3) is 5.56 Å². The number of phosphoric acid groups is 3. The highest BCUT2D eigenvalue weighted by molar-refractivity contribution is 7.66. The predicted molar refractivity (Wildman–Crippen MR) is 126 cm³/mol. The molecule has 0 radical (unpaired) electrons. The molecule has 212 valence electrons. The van der Waals surface area contributed by atoms with Gasteiger partial charge in [-0.05, 0) is 18.1 Å². The van der Waals surface area contributed by atoms with Gasteiger partial charge in [0.15, 0.2) is 6.23 Å². The second-order valence-electron chi connectivity index (χ2n) is 7.77. The van der Waals surface area contributed by atoms with Crippen molar-refractivity contribution >= 4 is 35.1 Å². The van der Waals surface area contributed by atoms with Crippen LogP contribution in [-0.4, -0.2) is 63.8 Å². The Morgan fingerprint density at radius 3 is 2.24 bits per heavy atom. The van der Waals surface area contributed by atoms with Crippen LogP contribution in [0, 0.1) is 0 Å². The minimum atomic E-state index is -5.77. The van der Waals surface area contributed by atoms with E-state index in [1.165, 1.54) is 0 Å². The molecule has 6 atom stereocenters. The zero-order chi connectivity index (χ0) is 28.5. The Labute approximate surface area is 217 Å². The van der Waals surface area contributed by atoms with E-state index in [2.05, 4.69) is 13.1 Å². The number of aromatic nitrogens is 2. The van der Waals surface area contributed by atoms with Crippen molar-refractivity contribution in [3.05, 3.63) is 68.0 Å². The number of halogens is 1. The predicted octanol–water partition coefficient (Wildman–Crippen LogP) is -0.131. The lowest BCUT2D eigenvalue weighted by molar-refractivity contribution is -0.0548. The van der Waals surface area contributed by atoms with Crippen molar-refractivity contribution in [2.24, 2.45) is 0 Å². The van der Waals surface area contributed by atoms with E-state index < -0.39 is 65.9 Å². The molecule has 1 fully saturated rings. The van der Waals surface area contributed by atoms with Gasteiger partial charge in [-0.1, -0.05) is 29.8 Å². The van der Waals surface area contributed by atoms with Crippen LogP contribution in [0.5, 0.6) is 0 Å². The molecule has 0 aliphatic carbocycles. The second-order valence-corrected chi connectivity index (χ2v) is 12.6. The molecule has 3 unspecified atom stereocenters. The van der Waals surface area contributed by atoms with Gasteiger partial charge in [-0.3, -0.25) is 18.5 Å². The number of hydrogen-bond acceptors (Lipinski definition) is 11. The quantitative estimate of drug-likeness (QED) is 0.178.